The first kappa shape index (κ1) is 35.5. The molecule has 0 saturated heterocycles. The predicted octanol–water partition coefficient (Wildman–Crippen LogP) is 10.2. The van der Waals surface area contributed by atoms with Crippen LogP contribution in [0.25, 0.3) is 0 Å². The van der Waals surface area contributed by atoms with Gasteiger partial charge in [0, 0.05) is 0 Å². The predicted molar refractivity (Wildman–Crippen MR) is 159 cm³/mol. The van der Waals surface area contributed by atoms with Gasteiger partial charge in [0.2, 0.25) is 0 Å². The molecule has 2 atom stereocenters. The van der Waals surface area contributed by atoms with Crippen LogP contribution in [0.2, 0.25) is 0 Å². The summed E-state index contributed by atoms with van der Waals surface area (Å²) >= 11 is 0. The van der Waals surface area contributed by atoms with E-state index in [-0.39, 0.29) is 48.9 Å². The molecule has 0 bridgehead atoms. The average Bonchev–Trinajstić information content (AvgIpc) is 3.28. The SMILES string of the molecule is CC(C)C1=[C-]C(C(C)C)C(C(C)C)=C1C(C)C.CC(C)C1=[C-]C(C(C)C)C(C(C)C)=C1C(C)C.[Ba+2]. The molecule has 0 aromatic rings. The van der Waals surface area contributed by atoms with Crippen molar-refractivity contribution < 1.29 is 0 Å². The maximum atomic E-state index is 3.80. The summed E-state index contributed by atoms with van der Waals surface area (Å²) in [7, 11) is 0. The molecule has 2 aliphatic rings. The average molecular weight is 604 g/mol. The van der Waals surface area contributed by atoms with Crippen molar-refractivity contribution in [1.29, 1.82) is 0 Å². The van der Waals surface area contributed by atoms with E-state index in [1.807, 2.05) is 0 Å². The summed E-state index contributed by atoms with van der Waals surface area (Å²) in [6.07, 6.45) is 7.59. The summed E-state index contributed by atoms with van der Waals surface area (Å²) in [5.41, 5.74) is 9.49. The number of hydrogen-bond donors (Lipinski definition) is 0. The first-order valence-electron chi connectivity index (χ1n) is 14.3. The largest absolute Gasteiger partial charge is 2.00 e. The Balaban J connectivity index is 0.000000642. The van der Waals surface area contributed by atoms with Crippen molar-refractivity contribution in [2.75, 3.05) is 0 Å². The first-order chi connectivity index (χ1) is 15.5. The Morgan fingerprint density at radius 2 is 0.657 bits per heavy atom. The second kappa shape index (κ2) is 15.2. The van der Waals surface area contributed by atoms with E-state index in [1.54, 1.807) is 22.3 Å². The Morgan fingerprint density at radius 3 is 0.800 bits per heavy atom. The zero-order valence-corrected chi connectivity index (χ0v) is 30.9. The molecule has 0 heterocycles. The molecule has 0 saturated carbocycles. The van der Waals surface area contributed by atoms with E-state index in [2.05, 4.69) is 123 Å². The fraction of sp³-hybridized carbons (Fsp3) is 0.765. The van der Waals surface area contributed by atoms with Crippen LogP contribution in [0.15, 0.2) is 33.4 Å². The molecule has 0 aromatic carbocycles. The molecule has 0 amide bonds. The quantitative estimate of drug-likeness (QED) is 0.191. The summed E-state index contributed by atoms with van der Waals surface area (Å²) in [6, 6.07) is 0. The van der Waals surface area contributed by atoms with Crippen LogP contribution >= 0.6 is 0 Å². The molecule has 1 heteroatoms. The van der Waals surface area contributed by atoms with Crippen molar-refractivity contribution in [3.05, 3.63) is 45.6 Å². The van der Waals surface area contributed by atoms with Crippen LogP contribution < -0.4 is 0 Å². The molecule has 0 aromatic heterocycles. The molecule has 2 unspecified atom stereocenters. The Hall–Kier alpha value is 0.531. The maximum absolute atomic E-state index is 3.80. The van der Waals surface area contributed by atoms with Crippen molar-refractivity contribution in [2.24, 2.45) is 59.2 Å². The first-order valence-corrected chi connectivity index (χ1v) is 14.3. The van der Waals surface area contributed by atoms with Gasteiger partial charge in [-0.1, -0.05) is 158 Å². The fourth-order valence-electron chi connectivity index (χ4n) is 5.93. The molecule has 0 N–H and O–H groups in total. The Labute approximate surface area is 262 Å². The van der Waals surface area contributed by atoms with Crippen LogP contribution in [-0.2, 0) is 0 Å². The second-order valence-electron chi connectivity index (χ2n) is 13.2. The van der Waals surface area contributed by atoms with Crippen LogP contribution in [0.4, 0.5) is 0 Å². The van der Waals surface area contributed by atoms with E-state index in [4.69, 9.17) is 0 Å². The molecule has 0 fully saturated rings. The Morgan fingerprint density at radius 1 is 0.400 bits per heavy atom. The van der Waals surface area contributed by atoms with E-state index in [0.29, 0.717) is 59.2 Å². The summed E-state index contributed by atoms with van der Waals surface area (Å²) in [5.74, 6) is 6.16. The van der Waals surface area contributed by atoms with Gasteiger partial charge >= 0.3 is 48.9 Å². The fourth-order valence-corrected chi connectivity index (χ4v) is 5.93. The van der Waals surface area contributed by atoms with E-state index >= 15 is 0 Å². The van der Waals surface area contributed by atoms with Crippen molar-refractivity contribution in [2.45, 2.75) is 111 Å². The van der Waals surface area contributed by atoms with Crippen LogP contribution in [0.3, 0.4) is 0 Å². The van der Waals surface area contributed by atoms with Gasteiger partial charge in [-0.2, -0.15) is 22.3 Å². The molecule has 35 heavy (non-hydrogen) atoms. The maximum Gasteiger partial charge on any atom is 2.00 e. The summed E-state index contributed by atoms with van der Waals surface area (Å²) in [4.78, 5) is 0. The molecule has 0 spiro atoms. The van der Waals surface area contributed by atoms with Crippen molar-refractivity contribution in [1.82, 2.24) is 0 Å². The van der Waals surface area contributed by atoms with E-state index in [0.717, 1.165) is 0 Å². The van der Waals surface area contributed by atoms with Crippen LogP contribution in [0, 0.1) is 71.3 Å². The van der Waals surface area contributed by atoms with Crippen molar-refractivity contribution in [3.8, 4) is 0 Å². The Kier molecular flexibility index (Phi) is 15.4. The normalized spacial score (nSPS) is 20.8. The van der Waals surface area contributed by atoms with Gasteiger partial charge < -0.3 is 0 Å². The van der Waals surface area contributed by atoms with Crippen LogP contribution in [0.5, 0.6) is 0 Å². The third-order valence-corrected chi connectivity index (χ3v) is 7.38. The molecular formula is C34H58Ba. The molecule has 0 nitrogen and oxygen atoms in total. The minimum absolute atomic E-state index is 0. The third kappa shape index (κ3) is 8.78. The van der Waals surface area contributed by atoms with Gasteiger partial charge in [0.05, 0.1) is 0 Å². The monoisotopic (exact) mass is 604 g/mol. The van der Waals surface area contributed by atoms with E-state index in [9.17, 15) is 0 Å². The topological polar surface area (TPSA) is 0 Å². The van der Waals surface area contributed by atoms with Crippen LogP contribution in [0.1, 0.15) is 111 Å². The standard InChI is InChI=1S/2C17H29.Ba/c2*1-10(2)14-9-15(11(3)4)17(13(7)8)16(14)12(5)6;/h2*10-14H,1-8H3;/q2*-1;+2. The molecule has 0 aliphatic heterocycles. The zero-order valence-electron chi connectivity index (χ0n) is 26.5. The van der Waals surface area contributed by atoms with Gasteiger partial charge in [0.25, 0.3) is 0 Å². The smallest absolute Gasteiger partial charge is 0.265 e. The van der Waals surface area contributed by atoms with E-state index in [1.165, 1.54) is 11.1 Å². The molecular weight excluding hydrogens is 546 g/mol. The van der Waals surface area contributed by atoms with Gasteiger partial charge in [0.1, 0.15) is 0 Å². The van der Waals surface area contributed by atoms with Gasteiger partial charge in [-0.3, -0.25) is 12.2 Å². The molecule has 196 valence electrons. The third-order valence-electron chi connectivity index (χ3n) is 7.38. The van der Waals surface area contributed by atoms with Crippen molar-refractivity contribution >= 4 is 48.9 Å². The molecule has 0 radical (unpaired) electrons. The number of allylic oxidation sites excluding steroid dienone is 8. The minimum Gasteiger partial charge on any atom is -0.265 e. The van der Waals surface area contributed by atoms with Gasteiger partial charge in [0.15, 0.2) is 0 Å². The van der Waals surface area contributed by atoms with E-state index < -0.39 is 0 Å². The Bertz CT molecular complexity index is 722. The van der Waals surface area contributed by atoms with Crippen LogP contribution in [-0.4, -0.2) is 48.9 Å². The minimum atomic E-state index is 0. The van der Waals surface area contributed by atoms with Gasteiger partial charge in [-0.25, -0.2) is 11.1 Å². The number of rotatable bonds is 8. The van der Waals surface area contributed by atoms with Crippen molar-refractivity contribution in [3.63, 3.8) is 0 Å². The molecule has 2 rings (SSSR count). The summed E-state index contributed by atoms with van der Waals surface area (Å²) in [6.45, 7) is 37.1. The summed E-state index contributed by atoms with van der Waals surface area (Å²) < 4.78 is 0. The molecule has 2 aliphatic carbocycles. The summed E-state index contributed by atoms with van der Waals surface area (Å²) in [5, 5.41) is 0. The number of hydrogen-bond acceptors (Lipinski definition) is 0. The van der Waals surface area contributed by atoms with Gasteiger partial charge in [-0.15, -0.1) is 0 Å². The zero-order chi connectivity index (χ0) is 26.7. The van der Waals surface area contributed by atoms with Gasteiger partial charge in [-0.05, 0) is 11.8 Å². The second-order valence-corrected chi connectivity index (χ2v) is 13.2.